The van der Waals surface area contributed by atoms with E-state index < -0.39 is 0 Å². The minimum absolute atomic E-state index is 0.291. The Morgan fingerprint density at radius 1 is 1.37 bits per heavy atom. The van der Waals surface area contributed by atoms with E-state index in [4.69, 9.17) is 10.5 Å². The minimum Gasteiger partial charge on any atom is -0.497 e. The molecule has 0 aliphatic rings. The smallest absolute Gasteiger partial charge is 0.131 e. The fourth-order valence-corrected chi connectivity index (χ4v) is 2.13. The molecule has 102 valence electrons. The van der Waals surface area contributed by atoms with Crippen molar-refractivity contribution in [3.8, 4) is 5.75 Å². The molecule has 4 nitrogen and oxygen atoms in total. The van der Waals surface area contributed by atoms with Gasteiger partial charge in [0.05, 0.1) is 19.3 Å². The molecule has 0 aliphatic carbocycles. The number of benzene rings is 1. The van der Waals surface area contributed by atoms with Crippen LogP contribution >= 0.6 is 0 Å². The van der Waals surface area contributed by atoms with E-state index in [1.165, 1.54) is 13.2 Å². The van der Waals surface area contributed by atoms with Gasteiger partial charge in [0.1, 0.15) is 11.6 Å². The Bertz CT molecular complexity index is 593. The zero-order valence-corrected chi connectivity index (χ0v) is 11.4. The van der Waals surface area contributed by atoms with Gasteiger partial charge in [-0.15, -0.1) is 0 Å². The van der Waals surface area contributed by atoms with Crippen molar-refractivity contribution in [3.63, 3.8) is 0 Å². The molecule has 0 unspecified atom stereocenters. The lowest BCUT2D eigenvalue weighted by molar-refractivity contribution is 0.410. The molecule has 0 radical (unpaired) electrons. The summed E-state index contributed by atoms with van der Waals surface area (Å²) in [6, 6.07) is 4.84. The normalized spacial score (nSPS) is 10.8. The van der Waals surface area contributed by atoms with Gasteiger partial charge in [-0.05, 0) is 19.9 Å². The van der Waals surface area contributed by atoms with Crippen LogP contribution in [0.15, 0.2) is 18.2 Å². The van der Waals surface area contributed by atoms with E-state index in [-0.39, 0.29) is 5.82 Å². The van der Waals surface area contributed by atoms with Gasteiger partial charge in [0, 0.05) is 29.4 Å². The van der Waals surface area contributed by atoms with Crippen LogP contribution < -0.4 is 10.5 Å². The van der Waals surface area contributed by atoms with Crippen molar-refractivity contribution in [2.24, 2.45) is 5.73 Å². The number of nitrogens with two attached hydrogens (primary N) is 1. The Balaban J connectivity index is 2.31. The molecule has 0 saturated heterocycles. The van der Waals surface area contributed by atoms with Crippen LogP contribution in [0.4, 0.5) is 4.39 Å². The SMILES string of the molecule is COc1ccc(Cn2nc(C)c(CN)c2C)c(F)c1. The first-order valence-corrected chi connectivity index (χ1v) is 6.12. The predicted molar refractivity (Wildman–Crippen MR) is 71.6 cm³/mol. The molecule has 0 aliphatic heterocycles. The summed E-state index contributed by atoms with van der Waals surface area (Å²) < 4.78 is 20.7. The fourth-order valence-electron chi connectivity index (χ4n) is 2.13. The maximum atomic E-state index is 13.9. The highest BCUT2D eigenvalue weighted by Gasteiger charge is 2.12. The Morgan fingerprint density at radius 3 is 2.63 bits per heavy atom. The Kier molecular flexibility index (Phi) is 3.85. The monoisotopic (exact) mass is 263 g/mol. The summed E-state index contributed by atoms with van der Waals surface area (Å²) in [6.07, 6.45) is 0. The van der Waals surface area contributed by atoms with Crippen molar-refractivity contribution in [2.45, 2.75) is 26.9 Å². The standard InChI is InChI=1S/C14H18FN3O/c1-9-13(7-16)10(2)18(17-9)8-11-4-5-12(19-3)6-14(11)15/h4-6H,7-8,16H2,1-3H3. The molecule has 1 aromatic heterocycles. The molecule has 0 fully saturated rings. The molecule has 1 heterocycles. The van der Waals surface area contributed by atoms with Gasteiger partial charge < -0.3 is 10.5 Å². The molecule has 0 bridgehead atoms. The number of hydrogen-bond donors (Lipinski definition) is 1. The molecule has 0 saturated carbocycles. The van der Waals surface area contributed by atoms with Crippen LogP contribution in [-0.4, -0.2) is 16.9 Å². The molecule has 0 amide bonds. The van der Waals surface area contributed by atoms with E-state index >= 15 is 0 Å². The third-order valence-corrected chi connectivity index (χ3v) is 3.32. The van der Waals surface area contributed by atoms with Crippen molar-refractivity contribution in [1.29, 1.82) is 0 Å². The van der Waals surface area contributed by atoms with Crippen LogP contribution in [0.25, 0.3) is 0 Å². The molecule has 2 aromatic rings. The first-order chi connectivity index (χ1) is 9.06. The van der Waals surface area contributed by atoms with Crippen molar-refractivity contribution < 1.29 is 9.13 Å². The predicted octanol–water partition coefficient (Wildman–Crippen LogP) is 2.15. The van der Waals surface area contributed by atoms with Gasteiger partial charge in [-0.2, -0.15) is 5.10 Å². The summed E-state index contributed by atoms with van der Waals surface area (Å²) in [4.78, 5) is 0. The third-order valence-electron chi connectivity index (χ3n) is 3.32. The lowest BCUT2D eigenvalue weighted by Crippen LogP contribution is -2.07. The lowest BCUT2D eigenvalue weighted by Gasteiger charge is -2.08. The summed E-state index contributed by atoms with van der Waals surface area (Å²) in [5.41, 5.74) is 9.16. The second kappa shape index (κ2) is 5.40. The third kappa shape index (κ3) is 2.61. The first kappa shape index (κ1) is 13.5. The maximum Gasteiger partial charge on any atom is 0.131 e. The van der Waals surface area contributed by atoms with E-state index in [0.717, 1.165) is 17.0 Å². The van der Waals surface area contributed by atoms with E-state index in [9.17, 15) is 4.39 Å². The highest BCUT2D eigenvalue weighted by molar-refractivity contribution is 5.30. The van der Waals surface area contributed by atoms with Crippen LogP contribution in [-0.2, 0) is 13.1 Å². The van der Waals surface area contributed by atoms with Crippen LogP contribution in [0.1, 0.15) is 22.5 Å². The average molecular weight is 263 g/mol. The summed E-state index contributed by atoms with van der Waals surface area (Å²) in [5, 5.41) is 4.40. The van der Waals surface area contributed by atoms with Crippen LogP contribution in [0.3, 0.4) is 0 Å². The Hall–Kier alpha value is -1.88. The van der Waals surface area contributed by atoms with Crippen LogP contribution in [0.5, 0.6) is 5.75 Å². The molecular formula is C14H18FN3O. The van der Waals surface area contributed by atoms with E-state index in [0.29, 0.717) is 24.4 Å². The number of nitrogens with zero attached hydrogens (tertiary/aromatic N) is 2. The van der Waals surface area contributed by atoms with E-state index in [1.807, 2.05) is 13.8 Å². The van der Waals surface area contributed by atoms with Gasteiger partial charge in [0.2, 0.25) is 0 Å². The van der Waals surface area contributed by atoms with Gasteiger partial charge in [0.25, 0.3) is 0 Å². The Labute approximate surface area is 112 Å². The number of ether oxygens (including phenoxy) is 1. The average Bonchev–Trinajstić information content (AvgIpc) is 2.66. The summed E-state index contributed by atoms with van der Waals surface area (Å²) in [7, 11) is 1.52. The van der Waals surface area contributed by atoms with Gasteiger partial charge in [0.15, 0.2) is 0 Å². The van der Waals surface area contributed by atoms with Crippen LogP contribution in [0.2, 0.25) is 0 Å². The molecule has 19 heavy (non-hydrogen) atoms. The minimum atomic E-state index is -0.291. The van der Waals surface area contributed by atoms with E-state index in [2.05, 4.69) is 5.10 Å². The van der Waals surface area contributed by atoms with Crippen molar-refractivity contribution in [1.82, 2.24) is 9.78 Å². The van der Waals surface area contributed by atoms with Crippen molar-refractivity contribution in [3.05, 3.63) is 46.5 Å². The highest BCUT2D eigenvalue weighted by atomic mass is 19.1. The maximum absolute atomic E-state index is 13.9. The number of rotatable bonds is 4. The summed E-state index contributed by atoms with van der Waals surface area (Å²) in [6.45, 7) is 4.70. The lowest BCUT2D eigenvalue weighted by atomic mass is 10.2. The van der Waals surface area contributed by atoms with Gasteiger partial charge in [-0.1, -0.05) is 6.07 Å². The van der Waals surface area contributed by atoms with Crippen molar-refractivity contribution >= 4 is 0 Å². The zero-order valence-electron chi connectivity index (χ0n) is 11.4. The topological polar surface area (TPSA) is 53.1 Å². The number of halogens is 1. The number of hydrogen-bond acceptors (Lipinski definition) is 3. The van der Waals surface area contributed by atoms with Gasteiger partial charge in [-0.25, -0.2) is 4.39 Å². The quantitative estimate of drug-likeness (QED) is 0.919. The summed E-state index contributed by atoms with van der Waals surface area (Å²) >= 11 is 0. The number of aromatic nitrogens is 2. The highest BCUT2D eigenvalue weighted by Crippen LogP contribution is 2.19. The Morgan fingerprint density at radius 2 is 2.11 bits per heavy atom. The molecule has 0 spiro atoms. The molecule has 2 N–H and O–H groups in total. The van der Waals surface area contributed by atoms with Gasteiger partial charge in [-0.3, -0.25) is 4.68 Å². The zero-order chi connectivity index (χ0) is 14.0. The molecule has 0 atom stereocenters. The molecule has 1 aromatic carbocycles. The molecule has 5 heteroatoms. The first-order valence-electron chi connectivity index (χ1n) is 6.12. The number of methoxy groups -OCH3 is 1. The van der Waals surface area contributed by atoms with E-state index in [1.54, 1.807) is 16.8 Å². The van der Waals surface area contributed by atoms with Crippen molar-refractivity contribution in [2.75, 3.05) is 7.11 Å². The molecule has 2 rings (SSSR count). The van der Waals surface area contributed by atoms with Gasteiger partial charge >= 0.3 is 0 Å². The largest absolute Gasteiger partial charge is 0.497 e. The number of aryl methyl sites for hydroxylation is 1. The second-order valence-corrected chi connectivity index (χ2v) is 4.47. The second-order valence-electron chi connectivity index (χ2n) is 4.47. The summed E-state index contributed by atoms with van der Waals surface area (Å²) in [5.74, 6) is 0.221. The fraction of sp³-hybridized carbons (Fsp3) is 0.357. The van der Waals surface area contributed by atoms with Crippen LogP contribution in [0, 0.1) is 19.7 Å². The molecular weight excluding hydrogens is 245 g/mol.